The van der Waals surface area contributed by atoms with Crippen LogP contribution in [0.3, 0.4) is 0 Å². The molecule has 1 aliphatic heterocycles. The van der Waals surface area contributed by atoms with E-state index in [-0.39, 0.29) is 5.82 Å². The molecule has 0 spiro atoms. The first-order valence-electron chi connectivity index (χ1n) is 6.54. The van der Waals surface area contributed by atoms with E-state index in [0.717, 1.165) is 38.3 Å². The van der Waals surface area contributed by atoms with Gasteiger partial charge in [-0.25, -0.2) is 4.39 Å². The Kier molecular flexibility index (Phi) is 4.55. The normalized spacial score (nSPS) is 21.1. The van der Waals surface area contributed by atoms with Crippen molar-refractivity contribution in [2.75, 3.05) is 45.2 Å². The second-order valence-corrected chi connectivity index (χ2v) is 5.15. The molecule has 1 saturated heterocycles. The molecule has 4 heteroatoms. The van der Waals surface area contributed by atoms with Crippen LogP contribution in [-0.2, 0) is 0 Å². The third-order valence-corrected chi connectivity index (χ3v) is 3.29. The first-order chi connectivity index (χ1) is 8.66. The van der Waals surface area contributed by atoms with Crippen LogP contribution in [0.2, 0.25) is 0 Å². The minimum atomic E-state index is -0.159. The van der Waals surface area contributed by atoms with Gasteiger partial charge in [0.2, 0.25) is 0 Å². The van der Waals surface area contributed by atoms with Crippen molar-refractivity contribution in [1.82, 2.24) is 10.2 Å². The van der Waals surface area contributed by atoms with Gasteiger partial charge in [0.15, 0.2) is 0 Å². The predicted octanol–water partition coefficient (Wildman–Crippen LogP) is 1.56. The lowest BCUT2D eigenvalue weighted by atomic mass is 10.2. The molecular formula is C14H22FN3. The fraction of sp³-hybridized carbons (Fsp3) is 0.571. The third-order valence-electron chi connectivity index (χ3n) is 3.29. The van der Waals surface area contributed by atoms with Gasteiger partial charge in [0.05, 0.1) is 6.04 Å². The van der Waals surface area contributed by atoms with Crippen molar-refractivity contribution in [1.29, 1.82) is 0 Å². The topological polar surface area (TPSA) is 18.5 Å². The molecule has 1 atom stereocenters. The van der Waals surface area contributed by atoms with Crippen molar-refractivity contribution >= 4 is 5.69 Å². The molecular weight excluding hydrogens is 229 g/mol. The summed E-state index contributed by atoms with van der Waals surface area (Å²) in [4.78, 5) is 4.51. The van der Waals surface area contributed by atoms with Crippen molar-refractivity contribution in [2.45, 2.75) is 12.5 Å². The summed E-state index contributed by atoms with van der Waals surface area (Å²) in [7, 11) is 4.16. The SMILES string of the molecule is CN(C)CC1CNCCCN1c1cccc(F)c1. The molecule has 1 aromatic rings. The van der Waals surface area contributed by atoms with E-state index in [0.29, 0.717) is 6.04 Å². The maximum absolute atomic E-state index is 13.4. The Bertz CT molecular complexity index is 381. The van der Waals surface area contributed by atoms with Crippen LogP contribution in [0.25, 0.3) is 0 Å². The zero-order valence-corrected chi connectivity index (χ0v) is 11.2. The Balaban J connectivity index is 2.19. The molecule has 1 aromatic carbocycles. The van der Waals surface area contributed by atoms with Crippen LogP contribution in [0.5, 0.6) is 0 Å². The summed E-state index contributed by atoms with van der Waals surface area (Å²) in [6, 6.07) is 7.31. The molecule has 18 heavy (non-hydrogen) atoms. The van der Waals surface area contributed by atoms with E-state index < -0.39 is 0 Å². The van der Waals surface area contributed by atoms with Gasteiger partial charge in [-0.1, -0.05) is 6.07 Å². The van der Waals surface area contributed by atoms with Crippen molar-refractivity contribution in [3.63, 3.8) is 0 Å². The molecule has 0 aliphatic carbocycles. The van der Waals surface area contributed by atoms with Gasteiger partial charge in [0, 0.05) is 25.3 Å². The Morgan fingerprint density at radius 2 is 2.28 bits per heavy atom. The molecule has 2 rings (SSSR count). The summed E-state index contributed by atoms with van der Waals surface area (Å²) in [5.74, 6) is -0.159. The van der Waals surface area contributed by atoms with Gasteiger partial charge < -0.3 is 15.1 Å². The van der Waals surface area contributed by atoms with E-state index in [1.54, 1.807) is 12.1 Å². The highest BCUT2D eigenvalue weighted by Gasteiger charge is 2.21. The summed E-state index contributed by atoms with van der Waals surface area (Å²) < 4.78 is 13.4. The van der Waals surface area contributed by atoms with E-state index >= 15 is 0 Å². The molecule has 0 aromatic heterocycles. The van der Waals surface area contributed by atoms with Crippen LogP contribution in [-0.4, -0.2) is 51.2 Å². The molecule has 1 aliphatic rings. The Labute approximate surface area is 109 Å². The van der Waals surface area contributed by atoms with Gasteiger partial charge in [-0.3, -0.25) is 0 Å². The highest BCUT2D eigenvalue weighted by Crippen LogP contribution is 2.20. The molecule has 1 N–H and O–H groups in total. The molecule has 0 amide bonds. The van der Waals surface area contributed by atoms with Crippen LogP contribution in [0.4, 0.5) is 10.1 Å². The summed E-state index contributed by atoms with van der Waals surface area (Å²) in [5.41, 5.74) is 0.991. The van der Waals surface area contributed by atoms with Gasteiger partial charge in [-0.05, 0) is 45.3 Å². The molecule has 1 fully saturated rings. The summed E-state index contributed by atoms with van der Waals surface area (Å²) >= 11 is 0. The Morgan fingerprint density at radius 3 is 3.00 bits per heavy atom. The van der Waals surface area contributed by atoms with Gasteiger partial charge >= 0.3 is 0 Å². The van der Waals surface area contributed by atoms with Crippen molar-refractivity contribution in [3.8, 4) is 0 Å². The van der Waals surface area contributed by atoms with Crippen molar-refractivity contribution in [3.05, 3.63) is 30.1 Å². The van der Waals surface area contributed by atoms with Crippen LogP contribution >= 0.6 is 0 Å². The highest BCUT2D eigenvalue weighted by molar-refractivity contribution is 5.48. The standard InChI is InChI=1S/C14H22FN3/c1-17(2)11-14-10-16-7-4-8-18(14)13-6-3-5-12(15)9-13/h3,5-6,9,14,16H,4,7-8,10-11H2,1-2H3. The van der Waals surface area contributed by atoms with Crippen LogP contribution in [0.15, 0.2) is 24.3 Å². The average molecular weight is 251 g/mol. The number of rotatable bonds is 3. The maximum atomic E-state index is 13.4. The fourth-order valence-electron chi connectivity index (χ4n) is 2.52. The lowest BCUT2D eigenvalue weighted by molar-refractivity contribution is 0.361. The quantitative estimate of drug-likeness (QED) is 0.879. The summed E-state index contributed by atoms with van der Waals surface area (Å²) in [5, 5.41) is 3.45. The van der Waals surface area contributed by atoms with E-state index in [4.69, 9.17) is 0 Å². The number of hydrogen-bond donors (Lipinski definition) is 1. The second kappa shape index (κ2) is 6.16. The van der Waals surface area contributed by atoms with Crippen LogP contribution in [0.1, 0.15) is 6.42 Å². The van der Waals surface area contributed by atoms with Gasteiger partial charge in [-0.15, -0.1) is 0 Å². The number of nitrogens with one attached hydrogen (secondary N) is 1. The highest BCUT2D eigenvalue weighted by atomic mass is 19.1. The molecule has 0 radical (unpaired) electrons. The van der Waals surface area contributed by atoms with E-state index in [1.807, 2.05) is 6.07 Å². The lowest BCUT2D eigenvalue weighted by Crippen LogP contribution is -2.46. The number of anilines is 1. The molecule has 1 unspecified atom stereocenters. The Hall–Kier alpha value is -1.13. The zero-order valence-electron chi connectivity index (χ0n) is 11.2. The fourth-order valence-corrected chi connectivity index (χ4v) is 2.52. The number of halogens is 1. The smallest absolute Gasteiger partial charge is 0.125 e. The van der Waals surface area contributed by atoms with Gasteiger partial charge in [0.1, 0.15) is 5.82 Å². The number of hydrogen-bond acceptors (Lipinski definition) is 3. The van der Waals surface area contributed by atoms with E-state index in [2.05, 4.69) is 29.2 Å². The minimum Gasteiger partial charge on any atom is -0.366 e. The molecule has 1 heterocycles. The second-order valence-electron chi connectivity index (χ2n) is 5.15. The minimum absolute atomic E-state index is 0.159. The lowest BCUT2D eigenvalue weighted by Gasteiger charge is -2.33. The predicted molar refractivity (Wildman–Crippen MR) is 73.6 cm³/mol. The summed E-state index contributed by atoms with van der Waals surface area (Å²) in [6.45, 7) is 3.95. The molecule has 0 saturated carbocycles. The van der Waals surface area contributed by atoms with Crippen LogP contribution < -0.4 is 10.2 Å². The van der Waals surface area contributed by atoms with Crippen molar-refractivity contribution < 1.29 is 4.39 Å². The van der Waals surface area contributed by atoms with Gasteiger partial charge in [-0.2, -0.15) is 0 Å². The average Bonchev–Trinajstić information content (AvgIpc) is 2.54. The van der Waals surface area contributed by atoms with Crippen molar-refractivity contribution in [2.24, 2.45) is 0 Å². The number of benzene rings is 1. The first kappa shape index (κ1) is 13.3. The van der Waals surface area contributed by atoms with Gasteiger partial charge in [0.25, 0.3) is 0 Å². The zero-order chi connectivity index (χ0) is 13.0. The van der Waals surface area contributed by atoms with E-state index in [9.17, 15) is 4.39 Å². The number of likely N-dealkylation sites (N-methyl/N-ethyl adjacent to an activating group) is 1. The molecule has 0 bridgehead atoms. The number of nitrogens with zero attached hydrogens (tertiary/aromatic N) is 2. The summed E-state index contributed by atoms with van der Waals surface area (Å²) in [6.07, 6.45) is 1.10. The molecule has 100 valence electrons. The largest absolute Gasteiger partial charge is 0.366 e. The van der Waals surface area contributed by atoms with Crippen LogP contribution in [0, 0.1) is 5.82 Å². The third kappa shape index (κ3) is 3.43. The maximum Gasteiger partial charge on any atom is 0.125 e. The van der Waals surface area contributed by atoms with E-state index in [1.165, 1.54) is 6.07 Å². The first-order valence-corrected chi connectivity index (χ1v) is 6.54. The Morgan fingerprint density at radius 1 is 1.44 bits per heavy atom. The molecule has 3 nitrogen and oxygen atoms in total. The monoisotopic (exact) mass is 251 g/mol.